The number of benzene rings is 1. The highest BCUT2D eigenvalue weighted by Gasteiger charge is 2.29. The average Bonchev–Trinajstić information content (AvgIpc) is 3.44. The Morgan fingerprint density at radius 3 is 2.57 bits per heavy atom. The molecule has 1 fully saturated rings. The van der Waals surface area contributed by atoms with Crippen molar-refractivity contribution in [1.29, 1.82) is 0 Å². The molecule has 1 aromatic heterocycles. The van der Waals surface area contributed by atoms with Crippen LogP contribution in [0, 0.1) is 0 Å². The zero-order chi connectivity index (χ0) is 15.6. The number of allylic oxidation sites excluding steroid dienone is 1. The van der Waals surface area contributed by atoms with Gasteiger partial charge in [0.1, 0.15) is 6.29 Å². The van der Waals surface area contributed by atoms with Gasteiger partial charge in [0.2, 0.25) is 0 Å². The number of nitrogens with zero attached hydrogens (tertiary/aromatic N) is 1. The minimum atomic E-state index is 0.546. The van der Waals surface area contributed by atoms with Gasteiger partial charge in [0, 0.05) is 16.7 Å². The molecule has 2 aliphatic rings. The lowest BCUT2D eigenvalue weighted by Crippen LogP contribution is -2.34. The van der Waals surface area contributed by atoms with Gasteiger partial charge in [-0.15, -0.1) is 0 Å². The molecule has 2 aromatic rings. The first-order chi connectivity index (χ1) is 11.4. The Labute approximate surface area is 135 Å². The van der Waals surface area contributed by atoms with Gasteiger partial charge in [-0.3, -0.25) is 9.78 Å². The van der Waals surface area contributed by atoms with Crippen LogP contribution in [0.25, 0.3) is 29.4 Å². The van der Waals surface area contributed by atoms with E-state index in [-0.39, 0.29) is 0 Å². The van der Waals surface area contributed by atoms with E-state index in [4.69, 9.17) is 4.98 Å². The van der Waals surface area contributed by atoms with Gasteiger partial charge >= 0.3 is 0 Å². The van der Waals surface area contributed by atoms with Crippen molar-refractivity contribution in [2.24, 2.45) is 0 Å². The van der Waals surface area contributed by atoms with E-state index in [0.717, 1.165) is 35.7 Å². The summed E-state index contributed by atoms with van der Waals surface area (Å²) in [6, 6.07) is 10.5. The predicted octanol–water partition coefficient (Wildman–Crippen LogP) is 3.19. The number of fused-ring (bicyclic) bond motifs is 1. The zero-order valence-corrected chi connectivity index (χ0v) is 13.0. The van der Waals surface area contributed by atoms with Gasteiger partial charge in [-0.1, -0.05) is 42.5 Å². The lowest BCUT2D eigenvalue weighted by Gasteiger charge is -2.15. The molecule has 0 radical (unpaired) electrons. The molecule has 0 saturated heterocycles. The quantitative estimate of drug-likeness (QED) is 0.641. The highest BCUT2D eigenvalue weighted by atomic mass is 16.1. The van der Waals surface area contributed by atoms with E-state index in [0.29, 0.717) is 5.92 Å². The number of carbonyl (C=O) groups is 1. The van der Waals surface area contributed by atoms with Gasteiger partial charge < -0.3 is 0 Å². The topological polar surface area (TPSA) is 30.0 Å². The van der Waals surface area contributed by atoms with Gasteiger partial charge in [0.25, 0.3) is 0 Å². The van der Waals surface area contributed by atoms with Crippen molar-refractivity contribution in [2.45, 2.75) is 31.6 Å². The molecule has 0 N–H and O–H groups in total. The second-order valence-electron chi connectivity index (χ2n) is 6.21. The molecule has 0 amide bonds. The van der Waals surface area contributed by atoms with E-state index in [1.165, 1.54) is 29.2 Å². The Kier molecular flexibility index (Phi) is 3.66. The fourth-order valence-corrected chi connectivity index (χ4v) is 3.35. The van der Waals surface area contributed by atoms with E-state index >= 15 is 0 Å². The van der Waals surface area contributed by atoms with E-state index < -0.39 is 0 Å². The highest BCUT2D eigenvalue weighted by Crippen LogP contribution is 2.42. The molecule has 1 aromatic carbocycles. The molecule has 4 rings (SSSR count). The van der Waals surface area contributed by atoms with Crippen LogP contribution in [0.5, 0.6) is 0 Å². The molecule has 23 heavy (non-hydrogen) atoms. The smallest absolute Gasteiger partial charge is 0.142 e. The van der Waals surface area contributed by atoms with Crippen LogP contribution in [-0.4, -0.2) is 11.3 Å². The standard InChI is InChI=1S/C21H19NO/c23-14-6-10-18-20(15-7-2-1-3-8-15)17-9-4-5-11-19(17)22-21(18)16-12-13-16/h1-3,6-11,14,16H,4-5,12-13H2/b10-6+. The minimum absolute atomic E-state index is 0.546. The van der Waals surface area contributed by atoms with Gasteiger partial charge in [-0.2, -0.15) is 0 Å². The maximum Gasteiger partial charge on any atom is 0.142 e. The van der Waals surface area contributed by atoms with Crippen LogP contribution >= 0.6 is 0 Å². The number of hydrogen-bond acceptors (Lipinski definition) is 2. The second-order valence-corrected chi connectivity index (χ2v) is 6.21. The highest BCUT2D eigenvalue weighted by molar-refractivity contribution is 5.83. The summed E-state index contributed by atoms with van der Waals surface area (Å²) in [5, 5.41) is 2.33. The number of aldehydes is 1. The van der Waals surface area contributed by atoms with Crippen molar-refractivity contribution < 1.29 is 4.79 Å². The van der Waals surface area contributed by atoms with Gasteiger partial charge in [0.05, 0.1) is 11.0 Å². The van der Waals surface area contributed by atoms with Crippen molar-refractivity contribution in [3.63, 3.8) is 0 Å². The average molecular weight is 301 g/mol. The monoisotopic (exact) mass is 301 g/mol. The first-order valence-corrected chi connectivity index (χ1v) is 8.30. The van der Waals surface area contributed by atoms with Crippen LogP contribution < -0.4 is 10.6 Å². The van der Waals surface area contributed by atoms with Crippen LogP contribution in [0.1, 0.15) is 42.9 Å². The van der Waals surface area contributed by atoms with Crippen molar-refractivity contribution in [3.05, 3.63) is 58.2 Å². The SMILES string of the molecule is O=C/C=C/c1c(C2CC2)nc2c(c1-c1ccccc1)=CCCC=2. The van der Waals surface area contributed by atoms with E-state index in [9.17, 15) is 4.79 Å². The summed E-state index contributed by atoms with van der Waals surface area (Å²) in [6.07, 6.45) is 13.4. The second kappa shape index (κ2) is 5.96. The van der Waals surface area contributed by atoms with Gasteiger partial charge in [-0.25, -0.2) is 0 Å². The molecule has 0 unspecified atom stereocenters. The largest absolute Gasteiger partial charge is 0.299 e. The summed E-state index contributed by atoms with van der Waals surface area (Å²) in [5.41, 5.74) is 4.71. The van der Waals surface area contributed by atoms with E-state index in [1.807, 2.05) is 12.1 Å². The molecule has 2 aliphatic carbocycles. The third-order valence-corrected chi connectivity index (χ3v) is 4.55. The van der Waals surface area contributed by atoms with Crippen molar-refractivity contribution in [1.82, 2.24) is 4.98 Å². The van der Waals surface area contributed by atoms with Crippen LogP contribution in [0.4, 0.5) is 0 Å². The summed E-state index contributed by atoms with van der Waals surface area (Å²) in [4.78, 5) is 15.9. The number of rotatable bonds is 4. The summed E-state index contributed by atoms with van der Waals surface area (Å²) < 4.78 is 0. The normalized spacial score (nSPS) is 16.5. The molecular weight excluding hydrogens is 282 g/mol. The molecule has 0 spiro atoms. The molecule has 2 heteroatoms. The number of hydrogen-bond donors (Lipinski definition) is 0. The zero-order valence-electron chi connectivity index (χ0n) is 13.0. The maximum atomic E-state index is 10.9. The minimum Gasteiger partial charge on any atom is -0.299 e. The fourth-order valence-electron chi connectivity index (χ4n) is 3.35. The summed E-state index contributed by atoms with van der Waals surface area (Å²) in [7, 11) is 0. The van der Waals surface area contributed by atoms with Crippen molar-refractivity contribution >= 4 is 24.5 Å². The lowest BCUT2D eigenvalue weighted by molar-refractivity contribution is -0.104. The third-order valence-electron chi connectivity index (χ3n) is 4.55. The first kappa shape index (κ1) is 14.1. The molecule has 0 bridgehead atoms. The molecule has 114 valence electrons. The summed E-state index contributed by atoms with van der Waals surface area (Å²) >= 11 is 0. The molecule has 2 nitrogen and oxygen atoms in total. The number of carbonyl (C=O) groups excluding carboxylic acids is 1. The van der Waals surface area contributed by atoms with Crippen molar-refractivity contribution in [3.8, 4) is 11.1 Å². The summed E-state index contributed by atoms with van der Waals surface area (Å²) in [6.45, 7) is 0. The Morgan fingerprint density at radius 1 is 1.04 bits per heavy atom. The van der Waals surface area contributed by atoms with E-state index in [1.54, 1.807) is 6.08 Å². The summed E-state index contributed by atoms with van der Waals surface area (Å²) in [5.74, 6) is 0.546. The van der Waals surface area contributed by atoms with Crippen LogP contribution in [0.3, 0.4) is 0 Å². The fraction of sp³-hybridized carbons (Fsp3) is 0.238. The Morgan fingerprint density at radius 2 is 1.83 bits per heavy atom. The molecule has 0 atom stereocenters. The lowest BCUT2D eigenvalue weighted by atomic mass is 9.92. The van der Waals surface area contributed by atoms with Crippen LogP contribution in [0.15, 0.2) is 36.4 Å². The molecular formula is C21H19NO. The molecule has 0 aliphatic heterocycles. The first-order valence-electron chi connectivity index (χ1n) is 8.30. The maximum absolute atomic E-state index is 10.9. The van der Waals surface area contributed by atoms with E-state index in [2.05, 4.69) is 36.4 Å². The Balaban J connectivity index is 2.10. The van der Waals surface area contributed by atoms with Gasteiger partial charge in [-0.05, 0) is 49.0 Å². The van der Waals surface area contributed by atoms with Crippen LogP contribution in [-0.2, 0) is 4.79 Å². The molecule has 1 heterocycles. The number of aromatic nitrogens is 1. The molecule has 1 saturated carbocycles. The predicted molar refractivity (Wildman–Crippen MR) is 94.2 cm³/mol. The van der Waals surface area contributed by atoms with Gasteiger partial charge in [0.15, 0.2) is 0 Å². The third kappa shape index (κ3) is 2.65. The van der Waals surface area contributed by atoms with Crippen LogP contribution in [0.2, 0.25) is 0 Å². The Bertz CT molecular complexity index is 890. The number of pyridine rings is 1. The van der Waals surface area contributed by atoms with Crippen molar-refractivity contribution in [2.75, 3.05) is 0 Å². The Hall–Kier alpha value is -2.48.